The molecule has 0 fully saturated rings. The van der Waals surface area contributed by atoms with E-state index in [1.54, 1.807) is 31.2 Å². The Hall–Kier alpha value is -3.49. The Labute approximate surface area is 207 Å². The van der Waals surface area contributed by atoms with Crippen LogP contribution in [0.1, 0.15) is 46.8 Å². The fourth-order valence-corrected chi connectivity index (χ4v) is 4.71. The third-order valence-corrected chi connectivity index (χ3v) is 6.80. The number of thiazole rings is 1. The monoisotopic (exact) mass is 518 g/mol. The predicted molar refractivity (Wildman–Crippen MR) is 125 cm³/mol. The average molecular weight is 519 g/mol. The zero-order chi connectivity index (χ0) is 26.1. The Kier molecular flexibility index (Phi) is 7.02. The largest absolute Gasteiger partial charge is 0.433 e. The molecule has 5 nitrogen and oxygen atoms in total. The molecule has 0 saturated carbocycles. The van der Waals surface area contributed by atoms with Crippen molar-refractivity contribution in [2.45, 2.75) is 38.5 Å². The molecule has 1 atom stereocenters. The molecule has 4 aromatic rings. The highest BCUT2D eigenvalue weighted by molar-refractivity contribution is 7.15. The van der Waals surface area contributed by atoms with Gasteiger partial charge < -0.3 is 4.74 Å². The minimum Gasteiger partial charge on any atom is -0.362 e. The average Bonchev–Trinajstić information content (AvgIpc) is 3.25. The number of nitriles is 1. The van der Waals surface area contributed by atoms with E-state index in [-0.39, 0.29) is 0 Å². The van der Waals surface area contributed by atoms with E-state index in [1.807, 2.05) is 0 Å². The van der Waals surface area contributed by atoms with Crippen molar-refractivity contribution in [3.05, 3.63) is 76.2 Å². The number of ether oxygens (including phenoxy) is 1. The van der Waals surface area contributed by atoms with Crippen LogP contribution in [0.4, 0.5) is 22.0 Å². The molecule has 0 aliphatic carbocycles. The van der Waals surface area contributed by atoms with Crippen LogP contribution in [0.15, 0.2) is 48.8 Å². The quantitative estimate of drug-likeness (QED) is 0.244. The molecule has 0 radical (unpaired) electrons. The van der Waals surface area contributed by atoms with E-state index in [0.717, 1.165) is 23.6 Å². The lowest BCUT2D eigenvalue weighted by Crippen LogP contribution is -2.24. The van der Waals surface area contributed by atoms with Crippen LogP contribution in [0.5, 0.6) is 0 Å². The van der Waals surface area contributed by atoms with E-state index in [4.69, 9.17) is 4.74 Å². The van der Waals surface area contributed by atoms with E-state index in [2.05, 4.69) is 21.0 Å². The summed E-state index contributed by atoms with van der Waals surface area (Å²) < 4.78 is 72.8. The molecule has 0 saturated heterocycles. The fourth-order valence-electron chi connectivity index (χ4n) is 3.58. The van der Waals surface area contributed by atoms with Gasteiger partial charge in [0.05, 0.1) is 27.7 Å². The van der Waals surface area contributed by atoms with Gasteiger partial charge in [0, 0.05) is 35.3 Å². The van der Waals surface area contributed by atoms with Gasteiger partial charge >= 0.3 is 6.18 Å². The molecule has 4 rings (SSSR count). The van der Waals surface area contributed by atoms with Crippen LogP contribution in [0.25, 0.3) is 21.5 Å². The summed E-state index contributed by atoms with van der Waals surface area (Å²) in [6, 6.07) is 10.8. The number of pyridine rings is 2. The van der Waals surface area contributed by atoms with Crippen LogP contribution in [0, 0.1) is 18.3 Å². The summed E-state index contributed by atoms with van der Waals surface area (Å²) in [4.78, 5) is 12.8. The lowest BCUT2D eigenvalue weighted by molar-refractivity contribution is -0.141. The Bertz CT molecular complexity index is 1430. The maximum absolute atomic E-state index is 14.2. The first kappa shape index (κ1) is 25.6. The normalized spacial score (nSPS) is 13.1. The van der Waals surface area contributed by atoms with Gasteiger partial charge in [0.2, 0.25) is 0 Å². The van der Waals surface area contributed by atoms with E-state index >= 15 is 0 Å². The van der Waals surface area contributed by atoms with E-state index in [9.17, 15) is 27.2 Å². The molecule has 0 aliphatic rings. The molecule has 11 heteroatoms. The van der Waals surface area contributed by atoms with Gasteiger partial charge in [-0.15, -0.1) is 11.3 Å². The number of aromatic nitrogens is 3. The van der Waals surface area contributed by atoms with Crippen molar-refractivity contribution in [2.75, 3.05) is 6.61 Å². The highest BCUT2D eigenvalue weighted by atomic mass is 32.1. The summed E-state index contributed by atoms with van der Waals surface area (Å²) in [5.74, 6) is -3.08. The summed E-state index contributed by atoms with van der Waals surface area (Å²) in [5.41, 5.74) is 1.05. The second kappa shape index (κ2) is 9.87. The predicted octanol–water partition coefficient (Wildman–Crippen LogP) is 7.10. The van der Waals surface area contributed by atoms with Gasteiger partial charge in [-0.3, -0.25) is 9.97 Å². The zero-order valence-corrected chi connectivity index (χ0v) is 19.9. The maximum Gasteiger partial charge on any atom is 0.433 e. The first-order chi connectivity index (χ1) is 17.0. The summed E-state index contributed by atoms with van der Waals surface area (Å²) >= 11 is 1.11. The smallest absolute Gasteiger partial charge is 0.362 e. The Balaban J connectivity index is 1.81. The second-order valence-corrected chi connectivity index (χ2v) is 9.04. The third-order valence-electron chi connectivity index (χ3n) is 5.55. The molecular weight excluding hydrogens is 499 g/mol. The van der Waals surface area contributed by atoms with Gasteiger partial charge in [-0.1, -0.05) is 13.0 Å². The number of alkyl halides is 5. The Morgan fingerprint density at radius 3 is 2.50 bits per heavy atom. The minimum absolute atomic E-state index is 0.350. The molecule has 1 aromatic carbocycles. The summed E-state index contributed by atoms with van der Waals surface area (Å²) in [6.07, 6.45) is -3.39. The fraction of sp³-hybridized carbons (Fsp3) is 0.280. The molecule has 186 valence electrons. The molecule has 0 N–H and O–H groups in total. The lowest BCUT2D eigenvalue weighted by atomic mass is 9.99. The molecule has 1 unspecified atom stereocenters. The molecule has 0 amide bonds. The van der Waals surface area contributed by atoms with Crippen molar-refractivity contribution < 1.29 is 26.7 Å². The van der Waals surface area contributed by atoms with Crippen molar-refractivity contribution in [2.24, 2.45) is 0 Å². The first-order valence-electron chi connectivity index (χ1n) is 10.8. The molecule has 0 bridgehead atoms. The summed E-state index contributed by atoms with van der Waals surface area (Å²) in [7, 11) is 0. The van der Waals surface area contributed by atoms with Crippen LogP contribution in [-0.2, 0) is 10.9 Å². The highest BCUT2D eigenvalue weighted by Gasteiger charge is 2.33. The van der Waals surface area contributed by atoms with Crippen LogP contribution in [0.3, 0.4) is 0 Å². The van der Waals surface area contributed by atoms with Gasteiger partial charge in [-0.25, -0.2) is 13.8 Å². The zero-order valence-electron chi connectivity index (χ0n) is 19.1. The minimum atomic E-state index is -4.57. The standard InChI is InChI=1S/C25H19F5N4OS/c1-3-24(26,27)13-35-21(18-8-6-15(11-31)17-5-4-10-32-20(17)18)22-14(2)34-23(36-22)16-7-9-19(33-12-16)25(28,29)30/h4-10,12,21H,3,13H2,1-2H3. The number of hydrogen-bond acceptors (Lipinski definition) is 6. The Morgan fingerprint density at radius 1 is 1.08 bits per heavy atom. The second-order valence-electron chi connectivity index (χ2n) is 8.01. The number of fused-ring (bicyclic) bond motifs is 1. The third kappa shape index (κ3) is 5.20. The molecule has 0 aliphatic heterocycles. The molecule has 3 aromatic heterocycles. The van der Waals surface area contributed by atoms with Crippen molar-refractivity contribution in [3.8, 4) is 16.6 Å². The van der Waals surface area contributed by atoms with Gasteiger partial charge in [0.25, 0.3) is 5.92 Å². The number of nitrogens with zero attached hydrogens (tertiary/aromatic N) is 4. The first-order valence-corrected chi connectivity index (χ1v) is 11.6. The molecule has 3 heterocycles. The van der Waals surface area contributed by atoms with Gasteiger partial charge in [0.1, 0.15) is 23.4 Å². The number of rotatable bonds is 7. The van der Waals surface area contributed by atoms with E-state index < -0.39 is 36.9 Å². The van der Waals surface area contributed by atoms with Gasteiger partial charge in [0.15, 0.2) is 0 Å². The summed E-state index contributed by atoms with van der Waals surface area (Å²) in [6.45, 7) is 2.15. The lowest BCUT2D eigenvalue weighted by Gasteiger charge is -2.22. The topological polar surface area (TPSA) is 71.7 Å². The van der Waals surface area contributed by atoms with E-state index in [1.165, 1.54) is 19.2 Å². The number of hydrogen-bond donors (Lipinski definition) is 0. The van der Waals surface area contributed by atoms with Gasteiger partial charge in [-0.05, 0) is 37.3 Å². The molecular formula is C25H19F5N4OS. The SMILES string of the molecule is CCC(F)(F)COC(c1sc(-c2ccc(C(F)(F)F)nc2)nc1C)c1ccc(C#N)c2cccnc12. The van der Waals surface area contributed by atoms with Crippen molar-refractivity contribution in [1.82, 2.24) is 15.0 Å². The van der Waals surface area contributed by atoms with Crippen LogP contribution in [0.2, 0.25) is 0 Å². The number of halogens is 5. The summed E-state index contributed by atoms with van der Waals surface area (Å²) in [5, 5.41) is 10.4. The van der Waals surface area contributed by atoms with Crippen LogP contribution < -0.4 is 0 Å². The van der Waals surface area contributed by atoms with Crippen LogP contribution >= 0.6 is 11.3 Å². The van der Waals surface area contributed by atoms with E-state index in [0.29, 0.717) is 43.2 Å². The number of benzene rings is 1. The molecule has 36 heavy (non-hydrogen) atoms. The number of aryl methyl sites for hydroxylation is 1. The molecule has 0 spiro atoms. The van der Waals surface area contributed by atoms with Crippen LogP contribution in [-0.4, -0.2) is 27.5 Å². The Morgan fingerprint density at radius 2 is 1.86 bits per heavy atom. The van der Waals surface area contributed by atoms with Crippen molar-refractivity contribution in [3.63, 3.8) is 0 Å². The highest BCUT2D eigenvalue weighted by Crippen LogP contribution is 2.40. The van der Waals surface area contributed by atoms with Crippen molar-refractivity contribution in [1.29, 1.82) is 5.26 Å². The van der Waals surface area contributed by atoms with Crippen molar-refractivity contribution >= 4 is 22.2 Å². The van der Waals surface area contributed by atoms with Gasteiger partial charge in [-0.2, -0.15) is 18.4 Å². The maximum atomic E-state index is 14.2.